The summed E-state index contributed by atoms with van der Waals surface area (Å²) >= 11 is 1.72. The summed E-state index contributed by atoms with van der Waals surface area (Å²) in [6.45, 7) is 3.00. The second-order valence-electron chi connectivity index (χ2n) is 7.60. The number of hydrogen-bond acceptors (Lipinski definition) is 5. The van der Waals surface area contributed by atoms with Crippen molar-refractivity contribution in [1.82, 2.24) is 4.31 Å². The number of nitrogens with zero attached hydrogens (tertiary/aromatic N) is 2. The molecule has 0 spiro atoms. The van der Waals surface area contributed by atoms with Crippen molar-refractivity contribution in [3.63, 3.8) is 0 Å². The highest BCUT2D eigenvalue weighted by molar-refractivity contribution is 7.99. The number of carbonyl (C=O) groups is 1. The van der Waals surface area contributed by atoms with Gasteiger partial charge < -0.3 is 9.64 Å². The molecular formula is C22H26N2O4S2. The molecule has 1 fully saturated rings. The molecule has 6 nitrogen and oxygen atoms in total. The molecule has 0 bridgehead atoms. The Balaban J connectivity index is 1.72. The van der Waals surface area contributed by atoms with E-state index in [1.807, 2.05) is 31.2 Å². The Hall–Kier alpha value is -2.03. The number of piperidine rings is 1. The molecule has 2 heterocycles. The molecule has 0 N–H and O–H groups in total. The summed E-state index contributed by atoms with van der Waals surface area (Å²) in [5, 5.41) is 0. The number of amides is 1. The number of anilines is 1. The van der Waals surface area contributed by atoms with Crippen LogP contribution in [-0.4, -0.2) is 50.6 Å². The zero-order valence-corrected chi connectivity index (χ0v) is 18.8. The minimum atomic E-state index is -3.77. The average Bonchev–Trinajstić information content (AvgIpc) is 2.78. The van der Waals surface area contributed by atoms with Gasteiger partial charge in [-0.1, -0.05) is 18.6 Å². The molecule has 4 rings (SSSR count). The lowest BCUT2D eigenvalue weighted by Crippen LogP contribution is -2.42. The van der Waals surface area contributed by atoms with E-state index in [1.165, 1.54) is 17.5 Å². The van der Waals surface area contributed by atoms with Crippen LogP contribution in [0.5, 0.6) is 5.75 Å². The van der Waals surface area contributed by atoms with E-state index < -0.39 is 10.0 Å². The fourth-order valence-corrected chi connectivity index (χ4v) is 6.98. The van der Waals surface area contributed by atoms with Gasteiger partial charge in [0.2, 0.25) is 10.0 Å². The van der Waals surface area contributed by atoms with Crippen LogP contribution in [-0.2, 0) is 10.0 Å². The minimum Gasteiger partial charge on any atom is -0.495 e. The Labute approximate surface area is 182 Å². The van der Waals surface area contributed by atoms with Gasteiger partial charge in [-0.25, -0.2) is 8.42 Å². The lowest BCUT2D eigenvalue weighted by Gasteiger charge is -2.33. The molecule has 0 aromatic heterocycles. The Bertz CT molecular complexity index is 1050. The van der Waals surface area contributed by atoms with E-state index in [9.17, 15) is 13.2 Å². The molecule has 1 atom stereocenters. The van der Waals surface area contributed by atoms with E-state index in [4.69, 9.17) is 4.74 Å². The van der Waals surface area contributed by atoms with Gasteiger partial charge in [0.05, 0.1) is 12.8 Å². The van der Waals surface area contributed by atoms with E-state index >= 15 is 0 Å². The van der Waals surface area contributed by atoms with Crippen molar-refractivity contribution in [2.45, 2.75) is 42.0 Å². The van der Waals surface area contributed by atoms with Crippen molar-refractivity contribution in [3.8, 4) is 5.75 Å². The lowest BCUT2D eigenvalue weighted by molar-refractivity contribution is 0.0987. The van der Waals surface area contributed by atoms with Gasteiger partial charge in [-0.2, -0.15) is 4.31 Å². The number of hydrogen-bond donors (Lipinski definition) is 0. The second kappa shape index (κ2) is 8.61. The molecule has 1 amide bonds. The Morgan fingerprint density at radius 1 is 1.13 bits per heavy atom. The molecular weight excluding hydrogens is 420 g/mol. The highest BCUT2D eigenvalue weighted by atomic mass is 32.2. The lowest BCUT2D eigenvalue weighted by atomic mass is 10.1. The van der Waals surface area contributed by atoms with E-state index in [2.05, 4.69) is 0 Å². The smallest absolute Gasteiger partial charge is 0.258 e. The summed E-state index contributed by atoms with van der Waals surface area (Å²) in [5.41, 5.74) is 1.21. The van der Waals surface area contributed by atoms with Gasteiger partial charge in [0.15, 0.2) is 0 Å². The largest absolute Gasteiger partial charge is 0.495 e. The first-order chi connectivity index (χ1) is 14.4. The van der Waals surface area contributed by atoms with Gasteiger partial charge >= 0.3 is 0 Å². The third kappa shape index (κ3) is 3.84. The monoisotopic (exact) mass is 446 g/mol. The summed E-state index contributed by atoms with van der Waals surface area (Å²) < 4.78 is 33.8. The Kier molecular flexibility index (Phi) is 6.09. The summed E-state index contributed by atoms with van der Waals surface area (Å²) in [6, 6.07) is 12.4. The van der Waals surface area contributed by atoms with Crippen LogP contribution < -0.4 is 9.64 Å². The van der Waals surface area contributed by atoms with Gasteiger partial charge in [0.25, 0.3) is 5.91 Å². The fourth-order valence-electron chi connectivity index (χ4n) is 4.10. The first-order valence-corrected chi connectivity index (χ1v) is 12.6. The summed E-state index contributed by atoms with van der Waals surface area (Å²) in [6.07, 6.45) is 2.70. The third-order valence-corrected chi connectivity index (χ3v) is 8.79. The normalized spacial score (nSPS) is 19.9. The summed E-state index contributed by atoms with van der Waals surface area (Å²) in [5.74, 6) is 0.863. The predicted octanol–water partition coefficient (Wildman–Crippen LogP) is 4.01. The van der Waals surface area contributed by atoms with Crippen molar-refractivity contribution in [1.29, 1.82) is 0 Å². The SMILES string of the molecule is COc1ccc(C(=O)N2CCSc3ccccc32)cc1S(=O)(=O)N1CCCCC1C. The van der Waals surface area contributed by atoms with E-state index in [0.29, 0.717) is 18.7 Å². The molecule has 0 aliphatic carbocycles. The average molecular weight is 447 g/mol. The van der Waals surface area contributed by atoms with Gasteiger partial charge in [-0.15, -0.1) is 11.8 Å². The highest BCUT2D eigenvalue weighted by Gasteiger charge is 2.34. The van der Waals surface area contributed by atoms with Crippen LogP contribution in [0.3, 0.4) is 0 Å². The molecule has 1 saturated heterocycles. The summed E-state index contributed by atoms with van der Waals surface area (Å²) in [7, 11) is -2.32. The third-order valence-electron chi connectivity index (χ3n) is 5.71. The maximum atomic E-state index is 13.4. The van der Waals surface area contributed by atoms with Crippen LogP contribution in [0.4, 0.5) is 5.69 Å². The van der Waals surface area contributed by atoms with Crippen LogP contribution in [0.2, 0.25) is 0 Å². The molecule has 2 aliphatic heterocycles. The first-order valence-electron chi connectivity index (χ1n) is 10.2. The minimum absolute atomic E-state index is 0.0595. The van der Waals surface area contributed by atoms with Crippen molar-refractivity contribution in [3.05, 3.63) is 48.0 Å². The van der Waals surface area contributed by atoms with Crippen LogP contribution in [0.1, 0.15) is 36.5 Å². The van der Waals surface area contributed by atoms with E-state index in [1.54, 1.807) is 28.8 Å². The molecule has 2 aliphatic rings. The number of thioether (sulfide) groups is 1. The highest BCUT2D eigenvalue weighted by Crippen LogP contribution is 2.36. The number of ether oxygens (including phenoxy) is 1. The number of methoxy groups -OCH3 is 1. The van der Waals surface area contributed by atoms with E-state index in [-0.39, 0.29) is 22.6 Å². The standard InChI is InChI=1S/C22H26N2O4S2/c1-16-7-5-6-12-24(16)30(26,27)21-15-17(10-11-19(21)28-2)22(25)23-13-14-29-20-9-4-3-8-18(20)23/h3-4,8-11,15-16H,5-7,12-14H2,1-2H3. The van der Waals surface area contributed by atoms with Crippen LogP contribution in [0.15, 0.2) is 52.3 Å². The summed E-state index contributed by atoms with van der Waals surface area (Å²) in [4.78, 5) is 16.2. The molecule has 160 valence electrons. The maximum Gasteiger partial charge on any atom is 0.258 e. The molecule has 30 heavy (non-hydrogen) atoms. The zero-order chi connectivity index (χ0) is 21.3. The molecule has 8 heteroatoms. The van der Waals surface area contributed by atoms with Crippen molar-refractivity contribution in [2.24, 2.45) is 0 Å². The first kappa shape index (κ1) is 21.2. The Morgan fingerprint density at radius 2 is 1.93 bits per heavy atom. The molecule has 1 unspecified atom stereocenters. The van der Waals surface area contributed by atoms with Gasteiger partial charge in [0.1, 0.15) is 10.6 Å². The maximum absolute atomic E-state index is 13.4. The topological polar surface area (TPSA) is 66.9 Å². The predicted molar refractivity (Wildman–Crippen MR) is 119 cm³/mol. The number of para-hydroxylation sites is 1. The number of carbonyl (C=O) groups excluding carboxylic acids is 1. The van der Waals surface area contributed by atoms with Crippen molar-refractivity contribution < 1.29 is 17.9 Å². The number of fused-ring (bicyclic) bond motifs is 1. The van der Waals surface area contributed by atoms with Crippen LogP contribution >= 0.6 is 11.8 Å². The van der Waals surface area contributed by atoms with Gasteiger partial charge in [-0.05, 0) is 50.1 Å². The molecule has 0 saturated carbocycles. The van der Waals surface area contributed by atoms with E-state index in [0.717, 1.165) is 35.6 Å². The zero-order valence-electron chi connectivity index (χ0n) is 17.2. The van der Waals surface area contributed by atoms with Gasteiger partial charge in [0, 0.05) is 35.3 Å². The number of benzene rings is 2. The van der Waals surface area contributed by atoms with Gasteiger partial charge in [-0.3, -0.25) is 4.79 Å². The number of sulfonamides is 1. The Morgan fingerprint density at radius 3 is 2.70 bits per heavy atom. The number of rotatable bonds is 4. The van der Waals surface area contributed by atoms with Crippen LogP contribution in [0, 0.1) is 0 Å². The molecule has 2 aromatic rings. The second-order valence-corrected chi connectivity index (χ2v) is 10.6. The fraction of sp³-hybridized carbons (Fsp3) is 0.409. The van der Waals surface area contributed by atoms with Crippen molar-refractivity contribution >= 4 is 33.4 Å². The van der Waals surface area contributed by atoms with Crippen LogP contribution in [0.25, 0.3) is 0 Å². The molecule has 2 aromatic carbocycles. The molecule has 0 radical (unpaired) electrons. The quantitative estimate of drug-likeness (QED) is 0.710. The van der Waals surface area contributed by atoms with Crippen molar-refractivity contribution in [2.75, 3.05) is 30.9 Å².